The van der Waals surface area contributed by atoms with Gasteiger partial charge in [0.25, 0.3) is 5.91 Å². The van der Waals surface area contributed by atoms with Gasteiger partial charge in [-0.15, -0.1) is 0 Å². The number of nitrogens with one attached hydrogen (secondary N) is 1. The summed E-state index contributed by atoms with van der Waals surface area (Å²) in [5.41, 5.74) is 0.183. The number of allylic oxidation sites excluding steroid dienone is 1. The van der Waals surface area contributed by atoms with Crippen LogP contribution in [0.15, 0.2) is 28.7 Å². The minimum absolute atomic E-state index is 0.0907. The summed E-state index contributed by atoms with van der Waals surface area (Å²) >= 11 is 0. The number of nitrogens with zero attached hydrogens (tertiary/aromatic N) is 2. The van der Waals surface area contributed by atoms with Crippen LogP contribution in [0.5, 0.6) is 5.75 Å². The number of hydrogen-bond donors (Lipinski definition) is 6. The van der Waals surface area contributed by atoms with Crippen molar-refractivity contribution in [1.29, 1.82) is 0 Å². The van der Waals surface area contributed by atoms with Crippen molar-refractivity contribution in [1.82, 2.24) is 9.80 Å². The third kappa shape index (κ3) is 4.17. The number of benzene rings is 1. The molecule has 0 unspecified atom stereocenters. The fraction of sp³-hybridized carbons (Fsp3) is 0.462. The Balaban J connectivity index is 1.88. The summed E-state index contributed by atoms with van der Waals surface area (Å²) in [5, 5.41) is 47.1. The highest BCUT2D eigenvalue weighted by molar-refractivity contribution is 6.25. The molecule has 0 saturated carbocycles. The second-order valence-electron chi connectivity index (χ2n) is 10.5. The van der Waals surface area contributed by atoms with Crippen molar-refractivity contribution >= 4 is 29.1 Å². The number of aromatic hydroxyl groups is 1. The molecule has 1 aromatic carbocycles. The molecule has 12 nitrogen and oxygen atoms in total. The number of fused-ring (bicyclic) bond motifs is 3. The zero-order chi connectivity index (χ0) is 29.1. The molecule has 0 aliphatic heterocycles. The topological polar surface area (TPSA) is 194 Å². The molecule has 4 atom stereocenters. The molecule has 0 saturated heterocycles. The number of phenolic OH excluding ortho intramolecular Hbond substituents is 1. The van der Waals surface area contributed by atoms with Gasteiger partial charge in [-0.05, 0) is 46.4 Å². The number of halogens is 1. The van der Waals surface area contributed by atoms with Crippen LogP contribution < -0.4 is 11.1 Å². The van der Waals surface area contributed by atoms with Crippen molar-refractivity contribution in [2.75, 3.05) is 39.5 Å². The predicted octanol–water partition coefficient (Wildman–Crippen LogP) is 0.150. The Kier molecular flexibility index (Phi) is 7.04. The molecule has 3 aliphatic carbocycles. The van der Waals surface area contributed by atoms with Crippen molar-refractivity contribution in [2.45, 2.75) is 31.4 Å². The molecule has 39 heavy (non-hydrogen) atoms. The number of rotatable bonds is 6. The van der Waals surface area contributed by atoms with Gasteiger partial charge in [0.1, 0.15) is 22.9 Å². The first-order valence-corrected chi connectivity index (χ1v) is 12.3. The van der Waals surface area contributed by atoms with Gasteiger partial charge in [-0.1, -0.05) is 6.92 Å². The molecule has 13 heteroatoms. The highest BCUT2D eigenvalue weighted by Crippen LogP contribution is 2.53. The Hall–Kier alpha value is -3.81. The van der Waals surface area contributed by atoms with E-state index in [2.05, 4.69) is 5.32 Å². The van der Waals surface area contributed by atoms with E-state index in [4.69, 9.17) is 5.73 Å². The normalized spacial score (nSPS) is 26.5. The van der Waals surface area contributed by atoms with Crippen LogP contribution in [0.1, 0.15) is 29.3 Å². The lowest BCUT2D eigenvalue weighted by Crippen LogP contribution is -2.64. The van der Waals surface area contributed by atoms with Crippen molar-refractivity contribution in [3.63, 3.8) is 0 Å². The van der Waals surface area contributed by atoms with E-state index < -0.39 is 86.7 Å². The van der Waals surface area contributed by atoms with Crippen LogP contribution in [-0.4, -0.2) is 99.5 Å². The average molecular weight is 547 g/mol. The van der Waals surface area contributed by atoms with Crippen molar-refractivity contribution < 1.29 is 44.0 Å². The summed E-state index contributed by atoms with van der Waals surface area (Å²) in [6.07, 6.45) is -0.346. The monoisotopic (exact) mass is 546 g/mol. The number of carbonyl (C=O) groups excluding carboxylic acids is 4. The van der Waals surface area contributed by atoms with E-state index in [1.165, 1.54) is 4.90 Å². The number of ketones is 2. The molecule has 0 aromatic heterocycles. The molecule has 0 spiro atoms. The van der Waals surface area contributed by atoms with Crippen LogP contribution in [-0.2, 0) is 20.8 Å². The summed E-state index contributed by atoms with van der Waals surface area (Å²) in [4.78, 5) is 54.5. The van der Waals surface area contributed by atoms with Crippen molar-refractivity contribution in [3.05, 3.63) is 45.7 Å². The first-order chi connectivity index (χ1) is 18.2. The van der Waals surface area contributed by atoms with Gasteiger partial charge in [0.05, 0.1) is 23.8 Å². The van der Waals surface area contributed by atoms with Crippen LogP contribution >= 0.6 is 0 Å². The van der Waals surface area contributed by atoms with Gasteiger partial charge in [0.2, 0.25) is 11.7 Å². The zero-order valence-corrected chi connectivity index (χ0v) is 21.9. The predicted molar refractivity (Wildman–Crippen MR) is 135 cm³/mol. The molecule has 1 aromatic rings. The number of carbonyl (C=O) groups is 4. The second kappa shape index (κ2) is 9.74. The lowest BCUT2D eigenvalue weighted by atomic mass is 9.58. The number of aliphatic hydroxyl groups is 3. The number of hydrogen-bond acceptors (Lipinski definition) is 10. The van der Waals surface area contributed by atoms with Crippen LogP contribution in [0.3, 0.4) is 0 Å². The maximum atomic E-state index is 15.3. The molecule has 4 rings (SSSR count). The zero-order valence-electron chi connectivity index (χ0n) is 21.9. The number of anilines is 1. The lowest BCUT2D eigenvalue weighted by Gasteiger charge is -2.50. The number of likely N-dealkylation sites (N-methyl/N-ethyl adjacent to an activating group) is 2. The summed E-state index contributed by atoms with van der Waals surface area (Å²) in [7, 11) is 4.82. The summed E-state index contributed by atoms with van der Waals surface area (Å²) < 4.78 is 15.3. The van der Waals surface area contributed by atoms with E-state index in [1.54, 1.807) is 33.0 Å². The van der Waals surface area contributed by atoms with Crippen LogP contribution in [0.4, 0.5) is 10.1 Å². The Morgan fingerprint density at radius 1 is 1.21 bits per heavy atom. The first kappa shape index (κ1) is 28.2. The smallest absolute Gasteiger partial charge is 0.255 e. The van der Waals surface area contributed by atoms with Gasteiger partial charge in [-0.3, -0.25) is 24.1 Å². The largest absolute Gasteiger partial charge is 0.510 e. The third-order valence-corrected chi connectivity index (χ3v) is 7.82. The number of primary amides is 1. The lowest BCUT2D eigenvalue weighted by molar-refractivity contribution is -0.148. The first-order valence-electron chi connectivity index (χ1n) is 12.3. The number of nitrogens with two attached hydrogens (primary N) is 1. The molecule has 7 N–H and O–H groups in total. The van der Waals surface area contributed by atoms with E-state index in [-0.39, 0.29) is 30.6 Å². The van der Waals surface area contributed by atoms with E-state index >= 15 is 4.39 Å². The van der Waals surface area contributed by atoms with Crippen molar-refractivity contribution in [2.24, 2.45) is 17.6 Å². The number of aliphatic hydroxyl groups excluding tert-OH is 2. The van der Waals surface area contributed by atoms with E-state index in [9.17, 15) is 39.6 Å². The Bertz CT molecular complexity index is 1370. The van der Waals surface area contributed by atoms with Gasteiger partial charge in [-0.2, -0.15) is 0 Å². The van der Waals surface area contributed by atoms with Gasteiger partial charge in [0.15, 0.2) is 17.1 Å². The summed E-state index contributed by atoms with van der Waals surface area (Å²) in [6.45, 7) is 1.94. The maximum absolute atomic E-state index is 15.3. The van der Waals surface area contributed by atoms with Crippen LogP contribution in [0.25, 0.3) is 0 Å². The molecule has 0 fully saturated rings. The molecule has 0 heterocycles. The second-order valence-corrected chi connectivity index (χ2v) is 10.5. The van der Waals surface area contributed by atoms with Crippen LogP contribution in [0, 0.1) is 17.7 Å². The molecule has 3 aliphatic rings. The van der Waals surface area contributed by atoms with Crippen molar-refractivity contribution in [3.8, 4) is 5.75 Å². The molecule has 0 bridgehead atoms. The molecular weight excluding hydrogens is 515 g/mol. The van der Waals surface area contributed by atoms with Gasteiger partial charge in [-0.25, -0.2) is 4.39 Å². The highest BCUT2D eigenvalue weighted by atomic mass is 19.1. The number of Topliss-reactive ketones (excluding diaryl/α,β-unsaturated/α-hetero) is 2. The molecule has 0 radical (unpaired) electrons. The van der Waals surface area contributed by atoms with E-state index in [1.807, 2.05) is 0 Å². The number of amides is 2. The summed E-state index contributed by atoms with van der Waals surface area (Å²) in [5.74, 6) is -9.75. The van der Waals surface area contributed by atoms with Gasteiger partial charge < -0.3 is 36.4 Å². The quantitative estimate of drug-likeness (QED) is 0.211. The Morgan fingerprint density at radius 2 is 1.85 bits per heavy atom. The highest BCUT2D eigenvalue weighted by Gasteiger charge is 2.63. The van der Waals surface area contributed by atoms with E-state index in [0.717, 1.165) is 6.07 Å². The average Bonchev–Trinajstić information content (AvgIpc) is 2.83. The van der Waals surface area contributed by atoms with E-state index in [0.29, 0.717) is 6.54 Å². The van der Waals surface area contributed by atoms with Gasteiger partial charge >= 0.3 is 0 Å². The Morgan fingerprint density at radius 3 is 2.41 bits per heavy atom. The third-order valence-electron chi connectivity index (χ3n) is 7.82. The fourth-order valence-corrected chi connectivity index (χ4v) is 5.95. The van der Waals surface area contributed by atoms with Gasteiger partial charge in [0, 0.05) is 23.1 Å². The molecule has 2 amide bonds. The number of phenols is 1. The summed E-state index contributed by atoms with van der Waals surface area (Å²) in [6, 6.07) is -0.234. The molecule has 210 valence electrons. The van der Waals surface area contributed by atoms with Crippen LogP contribution in [0.2, 0.25) is 0 Å². The SMILES string of the molecule is CCN(C)[C@@H]1C(O)=C(C(N)=O)C(=O)[C@@]2(O)C(O)=C3C(=O)c4c(O)c(NC(=O)CN(C)C)cc(F)c4C[C@H]3C[C@@H]12. The Labute approximate surface area is 223 Å². The minimum atomic E-state index is -2.80. The minimum Gasteiger partial charge on any atom is -0.510 e. The fourth-order valence-electron chi connectivity index (χ4n) is 5.95. The maximum Gasteiger partial charge on any atom is 0.255 e. The molecular formula is C26H31FN4O8. The standard InChI is InChI=1S/C26H31FN4O8/c1-5-31(4)19-12-7-10-6-11-13(27)8-14(29-15(32)9-30(2)3)20(33)17(11)21(34)16(10)23(36)26(12,39)24(37)18(22(19)35)25(28)38/h8,10,12,19,33,35-36,39H,5-7,9H2,1-4H3,(H2,28,38)(H,29,32)/t10-,12-,19-,26-/m0/s1.